The third-order valence-corrected chi connectivity index (χ3v) is 4.14. The largest absolute Gasteiger partial charge is 0.193 e. The molecule has 0 bridgehead atoms. The van der Waals surface area contributed by atoms with Gasteiger partial charge in [0.15, 0.2) is 0 Å². The molecule has 0 heterocycles. The second-order valence-corrected chi connectivity index (χ2v) is 6.93. The summed E-state index contributed by atoms with van der Waals surface area (Å²) in [5.74, 6) is 0. The average Bonchev–Trinajstić information content (AvgIpc) is 2.49. The molecule has 1 aromatic rings. The Balaban J connectivity index is 2.23. The number of hydrogen-bond acceptors (Lipinski definition) is 1. The van der Waals surface area contributed by atoms with Crippen molar-refractivity contribution in [1.82, 2.24) is 0 Å². The Bertz CT molecular complexity index is 645. The van der Waals surface area contributed by atoms with Gasteiger partial charge in [0.2, 0.25) is 0 Å². The summed E-state index contributed by atoms with van der Waals surface area (Å²) in [6.45, 7) is 6.57. The molecule has 0 N–H and O–H groups in total. The minimum atomic E-state index is 0.0600. The van der Waals surface area contributed by atoms with E-state index in [-0.39, 0.29) is 5.41 Å². The first-order chi connectivity index (χ1) is 10.5. The molecule has 22 heavy (non-hydrogen) atoms. The average molecular weight is 291 g/mol. The van der Waals surface area contributed by atoms with Crippen molar-refractivity contribution in [1.29, 1.82) is 5.26 Å². The van der Waals surface area contributed by atoms with Crippen molar-refractivity contribution in [3.05, 3.63) is 64.8 Å². The first-order valence-corrected chi connectivity index (χ1v) is 8.07. The van der Waals surface area contributed by atoms with Crippen molar-refractivity contribution >= 4 is 6.08 Å². The van der Waals surface area contributed by atoms with Crippen LogP contribution in [0.15, 0.2) is 48.1 Å². The van der Waals surface area contributed by atoms with Gasteiger partial charge in [-0.2, -0.15) is 5.26 Å². The summed E-state index contributed by atoms with van der Waals surface area (Å²) in [4.78, 5) is 0. The van der Waals surface area contributed by atoms with Gasteiger partial charge >= 0.3 is 0 Å². The molecule has 1 aliphatic carbocycles. The maximum atomic E-state index is 8.62. The summed E-state index contributed by atoms with van der Waals surface area (Å²) in [5.41, 5.74) is 5.58. The zero-order chi connectivity index (χ0) is 16.0. The van der Waals surface area contributed by atoms with Gasteiger partial charge in [-0.1, -0.05) is 63.3 Å². The van der Waals surface area contributed by atoms with E-state index in [1.807, 2.05) is 18.2 Å². The molecule has 0 amide bonds. The SMILES string of the molecule is CC(C)(C)C(=C\C=C\C#N)/C=C/c1ccc2c(c1)CCCC2. The second kappa shape index (κ2) is 7.27. The molecule has 1 aromatic carbocycles. The zero-order valence-corrected chi connectivity index (χ0v) is 13.9. The van der Waals surface area contributed by atoms with Crippen LogP contribution in [0.25, 0.3) is 6.08 Å². The quantitative estimate of drug-likeness (QED) is 0.523. The van der Waals surface area contributed by atoms with Gasteiger partial charge in [0.05, 0.1) is 6.07 Å². The van der Waals surface area contributed by atoms with E-state index in [1.165, 1.54) is 54.0 Å². The van der Waals surface area contributed by atoms with Gasteiger partial charge in [-0.25, -0.2) is 0 Å². The highest BCUT2D eigenvalue weighted by atomic mass is 14.2. The molecule has 0 saturated heterocycles. The molecule has 0 saturated carbocycles. The fourth-order valence-corrected chi connectivity index (χ4v) is 2.79. The van der Waals surface area contributed by atoms with Crippen LogP contribution in [0.4, 0.5) is 0 Å². The Morgan fingerprint density at radius 2 is 1.86 bits per heavy atom. The monoisotopic (exact) mass is 291 g/mol. The minimum Gasteiger partial charge on any atom is -0.193 e. The third-order valence-electron chi connectivity index (χ3n) is 4.14. The Morgan fingerprint density at radius 1 is 1.14 bits per heavy atom. The summed E-state index contributed by atoms with van der Waals surface area (Å²) < 4.78 is 0. The lowest BCUT2D eigenvalue weighted by Crippen LogP contribution is -2.07. The van der Waals surface area contributed by atoms with Crippen molar-refractivity contribution in [3.63, 3.8) is 0 Å². The summed E-state index contributed by atoms with van der Waals surface area (Å²) in [6, 6.07) is 8.86. The van der Waals surface area contributed by atoms with Crippen molar-refractivity contribution < 1.29 is 0 Å². The topological polar surface area (TPSA) is 23.8 Å². The molecule has 114 valence electrons. The fraction of sp³-hybridized carbons (Fsp3) is 0.381. The lowest BCUT2D eigenvalue weighted by atomic mass is 9.85. The van der Waals surface area contributed by atoms with Gasteiger partial charge < -0.3 is 0 Å². The van der Waals surface area contributed by atoms with Crippen LogP contribution >= 0.6 is 0 Å². The molecule has 0 unspecified atom stereocenters. The van der Waals surface area contributed by atoms with Crippen LogP contribution in [0.5, 0.6) is 0 Å². The van der Waals surface area contributed by atoms with Crippen LogP contribution in [0, 0.1) is 16.7 Å². The molecule has 2 rings (SSSR count). The van der Waals surface area contributed by atoms with E-state index in [2.05, 4.69) is 51.1 Å². The molecule has 0 aromatic heterocycles. The van der Waals surface area contributed by atoms with Gasteiger partial charge in [-0.3, -0.25) is 0 Å². The number of allylic oxidation sites excluding steroid dienone is 5. The van der Waals surface area contributed by atoms with E-state index < -0.39 is 0 Å². The highest BCUT2D eigenvalue weighted by Crippen LogP contribution is 2.28. The van der Waals surface area contributed by atoms with E-state index in [0.29, 0.717) is 0 Å². The standard InChI is InChI=1S/C21H25N/c1-21(2,3)20(10-6-7-15-22)14-12-17-11-13-18-8-4-5-9-19(18)16-17/h6-7,10-14,16H,4-5,8-9H2,1-3H3/b7-6+,14-12+,20-10-. The van der Waals surface area contributed by atoms with Crippen LogP contribution in [0.2, 0.25) is 0 Å². The van der Waals surface area contributed by atoms with Crippen molar-refractivity contribution in [2.24, 2.45) is 5.41 Å². The van der Waals surface area contributed by atoms with E-state index in [1.54, 1.807) is 0 Å². The summed E-state index contributed by atoms with van der Waals surface area (Å²) in [7, 11) is 0. The van der Waals surface area contributed by atoms with Gasteiger partial charge in [-0.05, 0) is 53.4 Å². The van der Waals surface area contributed by atoms with Gasteiger partial charge in [0, 0.05) is 6.08 Å². The van der Waals surface area contributed by atoms with Gasteiger partial charge in [-0.15, -0.1) is 0 Å². The van der Waals surface area contributed by atoms with Gasteiger partial charge in [0.1, 0.15) is 0 Å². The molecular weight excluding hydrogens is 266 g/mol. The second-order valence-electron chi connectivity index (χ2n) is 6.93. The highest BCUT2D eigenvalue weighted by Gasteiger charge is 2.14. The van der Waals surface area contributed by atoms with Crippen molar-refractivity contribution in [3.8, 4) is 6.07 Å². The normalized spacial score (nSPS) is 16.0. The lowest BCUT2D eigenvalue weighted by Gasteiger charge is -2.20. The molecule has 0 fully saturated rings. The predicted molar refractivity (Wildman–Crippen MR) is 94.4 cm³/mol. The summed E-state index contributed by atoms with van der Waals surface area (Å²) >= 11 is 0. The van der Waals surface area contributed by atoms with E-state index in [9.17, 15) is 0 Å². The number of rotatable bonds is 3. The summed E-state index contributed by atoms with van der Waals surface area (Å²) in [5, 5.41) is 8.62. The summed E-state index contributed by atoms with van der Waals surface area (Å²) in [6.07, 6.45) is 14.8. The van der Waals surface area contributed by atoms with E-state index in [0.717, 1.165) is 0 Å². The van der Waals surface area contributed by atoms with Crippen molar-refractivity contribution in [2.75, 3.05) is 0 Å². The van der Waals surface area contributed by atoms with Crippen LogP contribution in [-0.4, -0.2) is 0 Å². The number of aryl methyl sites for hydroxylation is 2. The molecule has 0 spiro atoms. The molecule has 1 heteroatoms. The third kappa shape index (κ3) is 4.46. The molecule has 0 aliphatic heterocycles. The van der Waals surface area contributed by atoms with Crippen LogP contribution in [0.1, 0.15) is 50.3 Å². The minimum absolute atomic E-state index is 0.0600. The smallest absolute Gasteiger partial charge is 0.0912 e. The maximum Gasteiger partial charge on any atom is 0.0912 e. The predicted octanol–water partition coefficient (Wildman–Crippen LogP) is 5.63. The fourth-order valence-electron chi connectivity index (χ4n) is 2.79. The number of nitrogens with zero attached hydrogens (tertiary/aromatic N) is 1. The van der Waals surface area contributed by atoms with E-state index in [4.69, 9.17) is 5.26 Å². The number of fused-ring (bicyclic) bond motifs is 1. The lowest BCUT2D eigenvalue weighted by molar-refractivity contribution is 0.517. The Hall–Kier alpha value is -2.07. The van der Waals surface area contributed by atoms with Crippen LogP contribution in [0.3, 0.4) is 0 Å². The molecular formula is C21H25N. The Morgan fingerprint density at radius 3 is 2.55 bits per heavy atom. The number of benzene rings is 1. The van der Waals surface area contributed by atoms with Gasteiger partial charge in [0.25, 0.3) is 0 Å². The highest BCUT2D eigenvalue weighted by molar-refractivity contribution is 5.56. The number of nitriles is 1. The molecule has 1 nitrogen and oxygen atoms in total. The van der Waals surface area contributed by atoms with E-state index >= 15 is 0 Å². The zero-order valence-electron chi connectivity index (χ0n) is 13.9. The van der Waals surface area contributed by atoms with Crippen LogP contribution in [-0.2, 0) is 12.8 Å². The first kappa shape index (κ1) is 16.3. The Labute approximate surface area is 134 Å². The first-order valence-electron chi connectivity index (χ1n) is 8.07. The number of hydrogen-bond donors (Lipinski definition) is 0. The van der Waals surface area contributed by atoms with Crippen LogP contribution < -0.4 is 0 Å². The van der Waals surface area contributed by atoms with Crippen molar-refractivity contribution in [2.45, 2.75) is 46.5 Å². The maximum absolute atomic E-state index is 8.62. The molecule has 1 aliphatic rings. The molecule has 0 atom stereocenters. The Kier molecular flexibility index (Phi) is 5.39. The molecule has 0 radical (unpaired) electrons.